The standard InChI is InChI=1S/C10H8BrF3N2.C2H6/c1-4-3-6-7(5(2)15-16-6)9(11)8(4)10(12,13)14;1-2/h3H,1-2H3,(H,15,16);1-2H3. The number of alkyl halides is 3. The van der Waals surface area contributed by atoms with Crippen LogP contribution in [0.15, 0.2) is 10.5 Å². The van der Waals surface area contributed by atoms with Gasteiger partial charge in [-0.3, -0.25) is 5.10 Å². The molecule has 0 atom stereocenters. The van der Waals surface area contributed by atoms with Crippen LogP contribution in [0.3, 0.4) is 0 Å². The fraction of sp³-hybridized carbons (Fsp3) is 0.417. The van der Waals surface area contributed by atoms with Crippen LogP contribution in [0.4, 0.5) is 13.2 Å². The first kappa shape index (κ1) is 15.0. The van der Waals surface area contributed by atoms with Crippen molar-refractivity contribution in [3.05, 3.63) is 27.4 Å². The Labute approximate surface area is 112 Å². The number of halogens is 4. The fourth-order valence-corrected chi connectivity index (χ4v) is 2.79. The number of aryl methyl sites for hydroxylation is 2. The Morgan fingerprint density at radius 2 is 1.78 bits per heavy atom. The van der Waals surface area contributed by atoms with Crippen LogP contribution in [-0.2, 0) is 6.18 Å². The Hall–Kier alpha value is -1.04. The van der Waals surface area contributed by atoms with E-state index >= 15 is 0 Å². The second kappa shape index (κ2) is 5.30. The van der Waals surface area contributed by atoms with Crippen LogP contribution in [0, 0.1) is 13.8 Å². The highest BCUT2D eigenvalue weighted by atomic mass is 79.9. The number of fused-ring (bicyclic) bond motifs is 1. The summed E-state index contributed by atoms with van der Waals surface area (Å²) in [6.07, 6.45) is -4.36. The van der Waals surface area contributed by atoms with E-state index in [-0.39, 0.29) is 10.0 Å². The maximum Gasteiger partial charge on any atom is 0.417 e. The zero-order valence-corrected chi connectivity index (χ0v) is 12.1. The van der Waals surface area contributed by atoms with Gasteiger partial charge in [-0.25, -0.2) is 0 Å². The smallest absolute Gasteiger partial charge is 0.282 e. The largest absolute Gasteiger partial charge is 0.417 e. The van der Waals surface area contributed by atoms with E-state index in [1.165, 1.54) is 13.0 Å². The molecule has 2 aromatic rings. The molecule has 0 aliphatic heterocycles. The van der Waals surface area contributed by atoms with Gasteiger partial charge in [0.15, 0.2) is 0 Å². The summed E-state index contributed by atoms with van der Waals surface area (Å²) in [5.74, 6) is 0. The molecule has 1 N–H and O–H groups in total. The zero-order chi connectivity index (χ0) is 14.1. The molecule has 0 aliphatic carbocycles. The molecular weight excluding hydrogens is 309 g/mol. The Bertz CT molecular complexity index is 558. The molecule has 1 aromatic heterocycles. The number of aromatic amines is 1. The summed E-state index contributed by atoms with van der Waals surface area (Å²) in [5.41, 5.74) is 0.685. The van der Waals surface area contributed by atoms with Gasteiger partial charge in [-0.1, -0.05) is 13.8 Å². The average Bonchev–Trinajstić information content (AvgIpc) is 2.61. The van der Waals surface area contributed by atoms with Crippen LogP contribution in [0.5, 0.6) is 0 Å². The first-order valence-electron chi connectivity index (χ1n) is 5.53. The lowest BCUT2D eigenvalue weighted by molar-refractivity contribution is -0.138. The Balaban J connectivity index is 0.000000771. The molecule has 0 saturated heterocycles. The number of hydrogen-bond acceptors (Lipinski definition) is 1. The first-order valence-corrected chi connectivity index (χ1v) is 6.32. The lowest BCUT2D eigenvalue weighted by Crippen LogP contribution is -2.08. The number of nitrogens with one attached hydrogen (secondary N) is 1. The lowest BCUT2D eigenvalue weighted by Gasteiger charge is -2.13. The molecule has 100 valence electrons. The lowest BCUT2D eigenvalue weighted by atomic mass is 10.0. The molecular formula is C12H14BrF3N2. The normalized spacial score (nSPS) is 11.3. The molecule has 2 nitrogen and oxygen atoms in total. The number of nitrogens with zero attached hydrogens (tertiary/aromatic N) is 1. The zero-order valence-electron chi connectivity index (χ0n) is 10.5. The van der Waals surface area contributed by atoms with Crippen molar-refractivity contribution in [3.8, 4) is 0 Å². The van der Waals surface area contributed by atoms with Gasteiger partial charge < -0.3 is 0 Å². The third-order valence-electron chi connectivity index (χ3n) is 2.45. The second-order valence-electron chi connectivity index (χ2n) is 3.62. The summed E-state index contributed by atoms with van der Waals surface area (Å²) in [7, 11) is 0. The third-order valence-corrected chi connectivity index (χ3v) is 3.24. The van der Waals surface area contributed by atoms with Crippen molar-refractivity contribution in [1.29, 1.82) is 0 Å². The molecule has 0 unspecified atom stereocenters. The molecule has 2 rings (SSSR count). The van der Waals surface area contributed by atoms with Gasteiger partial charge in [-0.05, 0) is 41.4 Å². The molecule has 0 radical (unpaired) electrons. The summed E-state index contributed by atoms with van der Waals surface area (Å²) in [6, 6.07) is 1.44. The Morgan fingerprint density at radius 1 is 1.22 bits per heavy atom. The summed E-state index contributed by atoms with van der Waals surface area (Å²) < 4.78 is 38.5. The van der Waals surface area contributed by atoms with Crippen molar-refractivity contribution < 1.29 is 13.2 Å². The highest BCUT2D eigenvalue weighted by molar-refractivity contribution is 9.10. The molecule has 1 aromatic carbocycles. The minimum atomic E-state index is -4.36. The predicted octanol–water partition coefficient (Wildman–Crippen LogP) is 4.99. The van der Waals surface area contributed by atoms with Gasteiger partial charge in [0, 0.05) is 15.6 Å². The summed E-state index contributed by atoms with van der Waals surface area (Å²) in [4.78, 5) is 0. The molecule has 0 spiro atoms. The van der Waals surface area contributed by atoms with Crippen LogP contribution in [0.25, 0.3) is 10.9 Å². The molecule has 1 heterocycles. The van der Waals surface area contributed by atoms with Crippen LogP contribution in [0.1, 0.15) is 30.7 Å². The van der Waals surface area contributed by atoms with Gasteiger partial charge in [0.05, 0.1) is 11.1 Å². The summed E-state index contributed by atoms with van der Waals surface area (Å²) in [6.45, 7) is 7.12. The van der Waals surface area contributed by atoms with Crippen molar-refractivity contribution in [2.75, 3.05) is 0 Å². The molecule has 18 heavy (non-hydrogen) atoms. The van der Waals surface area contributed by atoms with Crippen molar-refractivity contribution in [2.45, 2.75) is 33.9 Å². The first-order chi connectivity index (χ1) is 8.32. The van der Waals surface area contributed by atoms with Gasteiger partial charge >= 0.3 is 6.18 Å². The van der Waals surface area contributed by atoms with E-state index < -0.39 is 11.7 Å². The van der Waals surface area contributed by atoms with Crippen LogP contribution >= 0.6 is 15.9 Å². The predicted molar refractivity (Wildman–Crippen MR) is 69.6 cm³/mol. The highest BCUT2D eigenvalue weighted by Crippen LogP contribution is 2.41. The number of rotatable bonds is 0. The van der Waals surface area contributed by atoms with E-state index in [1.807, 2.05) is 13.8 Å². The SMILES string of the molecule is CC.Cc1cc2n[nH]c(C)c2c(Br)c1C(F)(F)F. The van der Waals surface area contributed by atoms with Crippen molar-refractivity contribution >= 4 is 26.8 Å². The van der Waals surface area contributed by atoms with E-state index in [0.29, 0.717) is 16.6 Å². The van der Waals surface area contributed by atoms with Crippen molar-refractivity contribution in [1.82, 2.24) is 10.2 Å². The molecule has 0 amide bonds. The number of hydrogen-bond donors (Lipinski definition) is 1. The van der Waals surface area contributed by atoms with Gasteiger partial charge in [-0.15, -0.1) is 0 Å². The maximum absolute atomic E-state index is 12.8. The van der Waals surface area contributed by atoms with E-state index in [2.05, 4.69) is 26.1 Å². The van der Waals surface area contributed by atoms with E-state index in [4.69, 9.17) is 0 Å². The minimum Gasteiger partial charge on any atom is -0.282 e. The van der Waals surface area contributed by atoms with E-state index in [0.717, 1.165) is 0 Å². The van der Waals surface area contributed by atoms with Gasteiger partial charge in [0.25, 0.3) is 0 Å². The van der Waals surface area contributed by atoms with Crippen LogP contribution in [-0.4, -0.2) is 10.2 Å². The average molecular weight is 323 g/mol. The molecule has 0 aliphatic rings. The van der Waals surface area contributed by atoms with Crippen LogP contribution in [0.2, 0.25) is 0 Å². The van der Waals surface area contributed by atoms with Gasteiger partial charge in [0.1, 0.15) is 0 Å². The van der Waals surface area contributed by atoms with Gasteiger partial charge in [0.2, 0.25) is 0 Å². The third kappa shape index (κ3) is 2.53. The quantitative estimate of drug-likeness (QED) is 0.727. The van der Waals surface area contributed by atoms with Gasteiger partial charge in [-0.2, -0.15) is 18.3 Å². The van der Waals surface area contributed by atoms with Crippen molar-refractivity contribution in [2.24, 2.45) is 0 Å². The summed E-state index contributed by atoms with van der Waals surface area (Å²) >= 11 is 3.02. The molecule has 0 bridgehead atoms. The Kier molecular flexibility index (Phi) is 4.42. The topological polar surface area (TPSA) is 28.7 Å². The van der Waals surface area contributed by atoms with E-state index in [9.17, 15) is 13.2 Å². The molecule has 0 saturated carbocycles. The van der Waals surface area contributed by atoms with E-state index in [1.54, 1.807) is 6.92 Å². The maximum atomic E-state index is 12.8. The van der Waals surface area contributed by atoms with Crippen molar-refractivity contribution in [3.63, 3.8) is 0 Å². The number of H-pyrrole nitrogens is 1. The number of aromatic nitrogens is 2. The molecule has 0 fully saturated rings. The fourth-order valence-electron chi connectivity index (χ4n) is 1.75. The monoisotopic (exact) mass is 322 g/mol. The molecule has 6 heteroatoms. The Morgan fingerprint density at radius 3 is 2.28 bits per heavy atom. The second-order valence-corrected chi connectivity index (χ2v) is 4.42. The summed E-state index contributed by atoms with van der Waals surface area (Å²) in [5, 5.41) is 7.10. The number of benzene rings is 1. The minimum absolute atomic E-state index is 0.0567. The van der Waals surface area contributed by atoms with Crippen LogP contribution < -0.4 is 0 Å². The highest BCUT2D eigenvalue weighted by Gasteiger charge is 2.36.